The Hall–Kier alpha value is -1.48. The topological polar surface area (TPSA) is 125 Å². The van der Waals surface area contributed by atoms with Crippen molar-refractivity contribution in [3.8, 4) is 0 Å². The van der Waals surface area contributed by atoms with Crippen LogP contribution in [-0.2, 0) is 11.3 Å². The number of aromatic nitrogens is 2. The highest BCUT2D eigenvalue weighted by Gasteiger charge is 2.35. The van der Waals surface area contributed by atoms with Gasteiger partial charge >= 0.3 is 5.69 Å². The summed E-state index contributed by atoms with van der Waals surface area (Å²) in [6.45, 7) is -0.864. The van der Waals surface area contributed by atoms with Crippen LogP contribution in [0.5, 0.6) is 0 Å². The highest BCUT2D eigenvalue weighted by molar-refractivity contribution is 5.03. The van der Waals surface area contributed by atoms with Crippen molar-refractivity contribution in [1.29, 1.82) is 0 Å². The molecule has 1 aliphatic rings. The molecule has 8 heteroatoms. The zero-order valence-corrected chi connectivity index (χ0v) is 9.44. The Labute approximate surface area is 101 Å². The van der Waals surface area contributed by atoms with Crippen LogP contribution in [-0.4, -0.2) is 43.7 Å². The molecule has 8 nitrogen and oxygen atoms in total. The van der Waals surface area contributed by atoms with Gasteiger partial charge in [-0.15, -0.1) is 0 Å². The Kier molecular flexibility index (Phi) is 3.62. The number of aliphatic hydroxyl groups is 3. The standard InChI is InChI=1S/C10H14N2O6/c13-3-5-2-12(10(17)11-9(5)16)8-1-6(15)7(4-14)18-8/h2,6-8,13-15H,1,3-4H2,(H,11,16,17)/t6-,7+,8+/m0/s1. The predicted octanol–water partition coefficient (Wildman–Crippen LogP) is -2.33. The Morgan fingerprint density at radius 1 is 1.44 bits per heavy atom. The molecule has 100 valence electrons. The van der Waals surface area contributed by atoms with Gasteiger partial charge in [-0.3, -0.25) is 14.3 Å². The first-order valence-electron chi connectivity index (χ1n) is 5.46. The maximum Gasteiger partial charge on any atom is 0.330 e. The Bertz CT molecular complexity index is 536. The van der Waals surface area contributed by atoms with Crippen LogP contribution < -0.4 is 11.2 Å². The zero-order valence-electron chi connectivity index (χ0n) is 9.44. The average Bonchev–Trinajstić information content (AvgIpc) is 2.70. The van der Waals surface area contributed by atoms with E-state index in [1.54, 1.807) is 0 Å². The summed E-state index contributed by atoms with van der Waals surface area (Å²) in [5.74, 6) is 0. The first-order valence-corrected chi connectivity index (χ1v) is 5.46. The molecular formula is C10H14N2O6. The number of nitrogens with one attached hydrogen (secondary N) is 1. The van der Waals surface area contributed by atoms with Crippen LogP contribution in [0.1, 0.15) is 18.2 Å². The van der Waals surface area contributed by atoms with Gasteiger partial charge in [0.2, 0.25) is 0 Å². The molecule has 0 amide bonds. The van der Waals surface area contributed by atoms with E-state index in [1.807, 2.05) is 0 Å². The molecule has 1 aromatic heterocycles. The molecule has 3 atom stereocenters. The molecule has 0 bridgehead atoms. The number of hydrogen-bond acceptors (Lipinski definition) is 6. The first-order chi connectivity index (χ1) is 8.56. The Morgan fingerprint density at radius 3 is 2.72 bits per heavy atom. The molecule has 0 aromatic carbocycles. The van der Waals surface area contributed by atoms with Gasteiger partial charge in [0.15, 0.2) is 0 Å². The summed E-state index contributed by atoms with van der Waals surface area (Å²) in [5, 5.41) is 27.5. The van der Waals surface area contributed by atoms with Gasteiger partial charge in [-0.25, -0.2) is 4.79 Å². The fourth-order valence-corrected chi connectivity index (χ4v) is 1.90. The lowest BCUT2D eigenvalue weighted by Crippen LogP contribution is -2.34. The summed E-state index contributed by atoms with van der Waals surface area (Å²) in [6.07, 6.45) is -1.09. The van der Waals surface area contributed by atoms with Crippen molar-refractivity contribution in [1.82, 2.24) is 9.55 Å². The highest BCUT2D eigenvalue weighted by Crippen LogP contribution is 2.27. The molecule has 18 heavy (non-hydrogen) atoms. The number of ether oxygens (including phenoxy) is 1. The molecule has 2 heterocycles. The smallest absolute Gasteiger partial charge is 0.330 e. The molecule has 1 aromatic rings. The van der Waals surface area contributed by atoms with Crippen LogP contribution in [0.4, 0.5) is 0 Å². The van der Waals surface area contributed by atoms with Gasteiger partial charge < -0.3 is 20.1 Å². The largest absolute Gasteiger partial charge is 0.394 e. The number of hydrogen-bond donors (Lipinski definition) is 4. The third-order valence-electron chi connectivity index (χ3n) is 2.91. The molecule has 0 saturated carbocycles. The summed E-state index contributed by atoms with van der Waals surface area (Å²) in [5.41, 5.74) is -1.32. The van der Waals surface area contributed by atoms with Crippen LogP contribution in [0.25, 0.3) is 0 Å². The molecule has 0 spiro atoms. The lowest BCUT2D eigenvalue weighted by Gasteiger charge is -2.14. The van der Waals surface area contributed by atoms with E-state index in [-0.39, 0.29) is 18.6 Å². The van der Waals surface area contributed by atoms with Crippen molar-refractivity contribution < 1.29 is 20.1 Å². The van der Waals surface area contributed by atoms with Crippen LogP contribution in [0.3, 0.4) is 0 Å². The quantitative estimate of drug-likeness (QED) is 0.482. The molecule has 0 unspecified atom stereocenters. The summed E-state index contributed by atoms with van der Waals surface area (Å²) in [6, 6.07) is 0. The van der Waals surface area contributed by atoms with Crippen molar-refractivity contribution in [3.05, 3.63) is 32.6 Å². The van der Waals surface area contributed by atoms with E-state index in [9.17, 15) is 14.7 Å². The van der Waals surface area contributed by atoms with Gasteiger partial charge in [-0.2, -0.15) is 0 Å². The van der Waals surface area contributed by atoms with Crippen LogP contribution in [0.2, 0.25) is 0 Å². The van der Waals surface area contributed by atoms with E-state index in [4.69, 9.17) is 14.9 Å². The minimum Gasteiger partial charge on any atom is -0.394 e. The minimum atomic E-state index is -0.878. The number of aromatic amines is 1. The molecule has 4 N–H and O–H groups in total. The summed E-state index contributed by atoms with van der Waals surface area (Å²) >= 11 is 0. The van der Waals surface area contributed by atoms with Crippen molar-refractivity contribution >= 4 is 0 Å². The van der Waals surface area contributed by atoms with E-state index in [2.05, 4.69) is 4.98 Å². The molecule has 1 fully saturated rings. The monoisotopic (exact) mass is 258 g/mol. The van der Waals surface area contributed by atoms with Gasteiger partial charge in [0.1, 0.15) is 12.3 Å². The molecule has 0 radical (unpaired) electrons. The van der Waals surface area contributed by atoms with Crippen molar-refractivity contribution in [2.45, 2.75) is 31.5 Å². The SMILES string of the molecule is O=c1[nH]c(=O)n([C@H]2C[C@H](O)[C@@H](CO)O2)cc1CO. The molecule has 1 saturated heterocycles. The predicted molar refractivity (Wildman–Crippen MR) is 58.9 cm³/mol. The van der Waals surface area contributed by atoms with Crippen molar-refractivity contribution in [3.63, 3.8) is 0 Å². The number of nitrogens with zero attached hydrogens (tertiary/aromatic N) is 1. The molecule has 1 aliphatic heterocycles. The fraction of sp³-hybridized carbons (Fsp3) is 0.600. The zero-order chi connectivity index (χ0) is 13.3. The molecule has 0 aliphatic carbocycles. The summed E-state index contributed by atoms with van der Waals surface area (Å²) in [7, 11) is 0. The second-order valence-corrected chi connectivity index (χ2v) is 4.09. The Balaban J connectivity index is 2.35. The van der Waals surface area contributed by atoms with Gasteiger partial charge in [-0.05, 0) is 0 Å². The number of aliphatic hydroxyl groups excluding tert-OH is 3. The summed E-state index contributed by atoms with van der Waals surface area (Å²) in [4.78, 5) is 24.9. The van der Waals surface area contributed by atoms with Crippen LogP contribution >= 0.6 is 0 Å². The second kappa shape index (κ2) is 5.02. The third-order valence-corrected chi connectivity index (χ3v) is 2.91. The van der Waals surface area contributed by atoms with E-state index < -0.39 is 36.3 Å². The van der Waals surface area contributed by atoms with E-state index in [1.165, 1.54) is 6.20 Å². The van der Waals surface area contributed by atoms with Crippen LogP contribution in [0.15, 0.2) is 15.8 Å². The van der Waals surface area contributed by atoms with Gasteiger partial charge in [0.05, 0.1) is 24.9 Å². The van der Waals surface area contributed by atoms with E-state index in [0.29, 0.717) is 0 Å². The summed E-state index contributed by atoms with van der Waals surface area (Å²) < 4.78 is 6.38. The number of rotatable bonds is 3. The average molecular weight is 258 g/mol. The lowest BCUT2D eigenvalue weighted by atomic mass is 10.2. The van der Waals surface area contributed by atoms with E-state index >= 15 is 0 Å². The van der Waals surface area contributed by atoms with Crippen LogP contribution in [0, 0.1) is 0 Å². The van der Waals surface area contributed by atoms with Gasteiger partial charge in [0, 0.05) is 12.6 Å². The van der Waals surface area contributed by atoms with Crippen molar-refractivity contribution in [2.75, 3.05) is 6.61 Å². The maximum atomic E-state index is 11.6. The van der Waals surface area contributed by atoms with Crippen molar-refractivity contribution in [2.24, 2.45) is 0 Å². The lowest BCUT2D eigenvalue weighted by molar-refractivity contribution is -0.0460. The molecule has 2 rings (SSSR count). The number of H-pyrrole nitrogens is 1. The molecular weight excluding hydrogens is 244 g/mol. The minimum absolute atomic E-state index is 0.0279. The van der Waals surface area contributed by atoms with Gasteiger partial charge in [0.25, 0.3) is 5.56 Å². The first kappa shape index (κ1) is 13.0. The Morgan fingerprint density at radius 2 is 2.17 bits per heavy atom. The highest BCUT2D eigenvalue weighted by atomic mass is 16.5. The normalized spacial score (nSPS) is 27.6. The fourth-order valence-electron chi connectivity index (χ4n) is 1.90. The third kappa shape index (κ3) is 2.23. The van der Waals surface area contributed by atoms with E-state index in [0.717, 1.165) is 4.57 Å². The second-order valence-electron chi connectivity index (χ2n) is 4.09. The maximum absolute atomic E-state index is 11.6. The van der Waals surface area contributed by atoms with Gasteiger partial charge in [-0.1, -0.05) is 0 Å².